The van der Waals surface area contributed by atoms with Gasteiger partial charge >= 0.3 is 0 Å². The van der Waals surface area contributed by atoms with Crippen LogP contribution in [0.5, 0.6) is 5.88 Å². The van der Waals surface area contributed by atoms with E-state index in [0.29, 0.717) is 17.4 Å². The Bertz CT molecular complexity index is 702. The molecule has 0 radical (unpaired) electrons. The molecular weight excluding hydrogens is 362 g/mol. The lowest BCUT2D eigenvalue weighted by Gasteiger charge is -2.26. The van der Waals surface area contributed by atoms with Gasteiger partial charge in [-0.15, -0.1) is 11.8 Å². The maximum Gasteiger partial charge on any atom is 0.232 e. The minimum absolute atomic E-state index is 0.0662. The molecule has 2 aromatic heterocycles. The largest absolute Gasteiger partial charge is 0.468 e. The Labute approximate surface area is 164 Å². The van der Waals surface area contributed by atoms with Gasteiger partial charge in [-0.25, -0.2) is 4.98 Å². The van der Waals surface area contributed by atoms with Gasteiger partial charge in [0.2, 0.25) is 11.8 Å². The highest BCUT2D eigenvalue weighted by atomic mass is 32.2. The molecule has 0 bridgehead atoms. The number of ether oxygens (including phenoxy) is 1. The second kappa shape index (κ2) is 10.4. The van der Waals surface area contributed by atoms with Gasteiger partial charge in [-0.1, -0.05) is 6.42 Å². The van der Waals surface area contributed by atoms with Crippen molar-refractivity contribution in [2.45, 2.75) is 44.7 Å². The molecule has 0 saturated carbocycles. The van der Waals surface area contributed by atoms with Gasteiger partial charge in [0.15, 0.2) is 6.23 Å². The van der Waals surface area contributed by atoms with Crippen LogP contribution in [0, 0.1) is 0 Å². The molecular formula is C20H27N3O3S. The number of amides is 1. The smallest absolute Gasteiger partial charge is 0.232 e. The van der Waals surface area contributed by atoms with E-state index in [-0.39, 0.29) is 5.91 Å². The molecule has 0 aliphatic carbocycles. The number of hydrogen-bond acceptors (Lipinski definition) is 6. The molecule has 1 aliphatic rings. The number of aromatic nitrogens is 1. The molecule has 7 heteroatoms. The van der Waals surface area contributed by atoms with Crippen LogP contribution in [-0.4, -0.2) is 40.9 Å². The Morgan fingerprint density at radius 1 is 1.37 bits per heavy atom. The average molecular weight is 390 g/mol. The lowest BCUT2D eigenvalue weighted by atomic mass is 10.1. The Morgan fingerprint density at radius 3 is 3.00 bits per heavy atom. The lowest BCUT2D eigenvalue weighted by molar-refractivity contribution is -0.120. The summed E-state index contributed by atoms with van der Waals surface area (Å²) in [6.45, 7) is 5.04. The molecule has 27 heavy (non-hydrogen) atoms. The van der Waals surface area contributed by atoms with Crippen molar-refractivity contribution in [3.8, 4) is 5.88 Å². The zero-order valence-electron chi connectivity index (χ0n) is 15.7. The van der Waals surface area contributed by atoms with Gasteiger partial charge in [-0.2, -0.15) is 0 Å². The van der Waals surface area contributed by atoms with Crippen molar-refractivity contribution in [1.29, 1.82) is 0 Å². The van der Waals surface area contributed by atoms with Crippen molar-refractivity contribution < 1.29 is 13.9 Å². The van der Waals surface area contributed by atoms with Crippen LogP contribution in [0.15, 0.2) is 41.1 Å². The van der Waals surface area contributed by atoms with Crippen LogP contribution in [0.2, 0.25) is 0 Å². The van der Waals surface area contributed by atoms with Crippen molar-refractivity contribution in [2.75, 3.05) is 18.8 Å². The molecule has 6 nitrogen and oxygen atoms in total. The third-order valence-corrected chi connectivity index (χ3v) is 5.33. The molecule has 1 saturated heterocycles. The number of carbonyl (C=O) groups is 1. The molecule has 1 atom stereocenters. The lowest BCUT2D eigenvalue weighted by Crippen LogP contribution is -2.38. The van der Waals surface area contributed by atoms with E-state index in [0.717, 1.165) is 25.4 Å². The predicted octanol–water partition coefficient (Wildman–Crippen LogP) is 3.43. The van der Waals surface area contributed by atoms with Crippen LogP contribution >= 0.6 is 11.8 Å². The van der Waals surface area contributed by atoms with Crippen LogP contribution in [0.4, 0.5) is 0 Å². The summed E-state index contributed by atoms with van der Waals surface area (Å²) in [5.74, 6) is 2.38. The van der Waals surface area contributed by atoms with Crippen LogP contribution in [-0.2, 0) is 17.1 Å². The minimum Gasteiger partial charge on any atom is -0.468 e. The molecule has 2 aromatic rings. The van der Waals surface area contributed by atoms with E-state index >= 15 is 0 Å². The van der Waals surface area contributed by atoms with E-state index in [1.165, 1.54) is 36.6 Å². The maximum absolute atomic E-state index is 12.0. The average Bonchev–Trinajstić information content (AvgIpc) is 3.16. The van der Waals surface area contributed by atoms with E-state index in [9.17, 15) is 4.79 Å². The zero-order valence-corrected chi connectivity index (χ0v) is 16.5. The monoisotopic (exact) mass is 389 g/mol. The molecule has 0 aromatic carbocycles. The number of rotatable bonds is 9. The summed E-state index contributed by atoms with van der Waals surface area (Å²) in [4.78, 5) is 18.8. The van der Waals surface area contributed by atoms with Crippen molar-refractivity contribution in [1.82, 2.24) is 15.2 Å². The number of furan rings is 1. The van der Waals surface area contributed by atoms with Crippen LogP contribution in [0.25, 0.3) is 0 Å². The molecule has 1 unspecified atom stereocenters. The highest BCUT2D eigenvalue weighted by molar-refractivity contribution is 7.99. The number of nitrogens with one attached hydrogen (secondary N) is 1. The van der Waals surface area contributed by atoms with Crippen molar-refractivity contribution in [2.24, 2.45) is 0 Å². The molecule has 1 aliphatic heterocycles. The third-order valence-electron chi connectivity index (χ3n) is 4.37. The van der Waals surface area contributed by atoms with Gasteiger partial charge < -0.3 is 14.5 Å². The first-order valence-corrected chi connectivity index (χ1v) is 10.6. The summed E-state index contributed by atoms with van der Waals surface area (Å²) < 4.78 is 11.0. The van der Waals surface area contributed by atoms with Crippen LogP contribution in [0.3, 0.4) is 0 Å². The fourth-order valence-corrected chi connectivity index (χ4v) is 3.84. The van der Waals surface area contributed by atoms with E-state index < -0.39 is 6.23 Å². The van der Waals surface area contributed by atoms with E-state index in [2.05, 4.69) is 15.2 Å². The SMILES string of the molecule is CC(NC(=O)CSCc1ccco1)Oc1cc(CN2CCCCC2)ccn1. The summed E-state index contributed by atoms with van der Waals surface area (Å²) in [5, 5.41) is 2.85. The van der Waals surface area contributed by atoms with Gasteiger partial charge in [-0.05, 0) is 56.6 Å². The summed E-state index contributed by atoms with van der Waals surface area (Å²) in [6, 6.07) is 7.73. The Hall–Kier alpha value is -1.99. The van der Waals surface area contributed by atoms with Gasteiger partial charge in [-0.3, -0.25) is 9.69 Å². The Morgan fingerprint density at radius 2 is 2.22 bits per heavy atom. The van der Waals surface area contributed by atoms with Crippen molar-refractivity contribution in [3.63, 3.8) is 0 Å². The molecule has 0 spiro atoms. The number of carbonyl (C=O) groups excluding carboxylic acids is 1. The molecule has 3 rings (SSSR count). The van der Waals surface area contributed by atoms with E-state index in [1.807, 2.05) is 31.2 Å². The molecule has 1 N–H and O–H groups in total. The highest BCUT2D eigenvalue weighted by Gasteiger charge is 2.13. The fraction of sp³-hybridized carbons (Fsp3) is 0.500. The highest BCUT2D eigenvalue weighted by Crippen LogP contribution is 2.16. The molecule has 3 heterocycles. The predicted molar refractivity (Wildman–Crippen MR) is 106 cm³/mol. The summed E-state index contributed by atoms with van der Waals surface area (Å²) >= 11 is 1.51. The third kappa shape index (κ3) is 6.92. The Kier molecular flexibility index (Phi) is 7.59. The molecule has 1 fully saturated rings. The summed E-state index contributed by atoms with van der Waals surface area (Å²) in [5.41, 5.74) is 1.19. The second-order valence-electron chi connectivity index (χ2n) is 6.74. The zero-order chi connectivity index (χ0) is 18.9. The quantitative estimate of drug-likeness (QED) is 0.663. The first-order valence-electron chi connectivity index (χ1n) is 9.42. The number of likely N-dealkylation sites (tertiary alicyclic amines) is 1. The van der Waals surface area contributed by atoms with Crippen LogP contribution < -0.4 is 10.1 Å². The first-order chi connectivity index (χ1) is 13.2. The number of hydrogen-bond donors (Lipinski definition) is 1. The topological polar surface area (TPSA) is 67.6 Å². The Balaban J connectivity index is 1.40. The number of piperidine rings is 1. The first kappa shape index (κ1) is 19.8. The number of nitrogens with zero attached hydrogens (tertiary/aromatic N) is 2. The summed E-state index contributed by atoms with van der Waals surface area (Å²) in [6.07, 6.45) is 6.85. The number of pyridine rings is 1. The van der Waals surface area contributed by atoms with Crippen molar-refractivity contribution >= 4 is 17.7 Å². The normalized spacial score (nSPS) is 16.0. The molecule has 146 valence electrons. The fourth-order valence-electron chi connectivity index (χ4n) is 3.11. The summed E-state index contributed by atoms with van der Waals surface area (Å²) in [7, 11) is 0. The van der Waals surface area contributed by atoms with E-state index in [4.69, 9.17) is 9.15 Å². The minimum atomic E-state index is -0.431. The van der Waals surface area contributed by atoms with Gasteiger partial charge in [0.1, 0.15) is 5.76 Å². The number of thioether (sulfide) groups is 1. The standard InChI is InChI=1S/C20H27N3O3S/c1-16(22-19(24)15-27-14-18-6-5-11-25-18)26-20-12-17(7-8-21-20)13-23-9-3-2-4-10-23/h5-8,11-12,16H,2-4,9-10,13-15H2,1H3,(H,22,24). The van der Waals surface area contributed by atoms with E-state index in [1.54, 1.807) is 12.5 Å². The maximum atomic E-state index is 12.0. The van der Waals surface area contributed by atoms with Crippen molar-refractivity contribution in [3.05, 3.63) is 48.0 Å². The van der Waals surface area contributed by atoms with Gasteiger partial charge in [0, 0.05) is 18.8 Å². The molecule has 1 amide bonds. The van der Waals surface area contributed by atoms with Gasteiger partial charge in [0.25, 0.3) is 0 Å². The van der Waals surface area contributed by atoms with Crippen LogP contribution in [0.1, 0.15) is 37.5 Å². The second-order valence-corrected chi connectivity index (χ2v) is 7.72. The van der Waals surface area contributed by atoms with Gasteiger partial charge in [0.05, 0.1) is 17.8 Å².